The summed E-state index contributed by atoms with van der Waals surface area (Å²) in [5.74, 6) is -0.186. The van der Waals surface area contributed by atoms with E-state index in [0.717, 1.165) is 23.1 Å². The van der Waals surface area contributed by atoms with Crippen LogP contribution in [-0.2, 0) is 0 Å². The molecule has 2 nitrogen and oxygen atoms in total. The predicted molar refractivity (Wildman–Crippen MR) is 60.0 cm³/mol. The Morgan fingerprint density at radius 1 is 1.07 bits per heavy atom. The average molecular weight is 198 g/mol. The Bertz CT molecular complexity index is 522. The van der Waals surface area contributed by atoms with Gasteiger partial charge in [0.2, 0.25) is 0 Å². The lowest BCUT2D eigenvalue weighted by Gasteiger charge is -2.02. The second-order valence-corrected chi connectivity index (χ2v) is 3.21. The number of allylic oxidation sites excluding steroid dienone is 1. The highest BCUT2D eigenvalue weighted by atomic mass is 16.2. The number of aliphatic hydroxyl groups is 1. The summed E-state index contributed by atoms with van der Waals surface area (Å²) >= 11 is 0. The third-order valence-electron chi connectivity index (χ3n) is 2.28. The molecule has 0 fully saturated rings. The fourth-order valence-electron chi connectivity index (χ4n) is 1.60. The Morgan fingerprint density at radius 3 is 2.60 bits per heavy atom. The van der Waals surface area contributed by atoms with Crippen LogP contribution in [0, 0.1) is 0 Å². The molecule has 0 aliphatic heterocycles. The number of carbonyl (C=O) groups is 1. The zero-order chi connectivity index (χ0) is 10.7. The van der Waals surface area contributed by atoms with E-state index in [9.17, 15) is 4.79 Å². The Morgan fingerprint density at radius 2 is 1.80 bits per heavy atom. The Hall–Kier alpha value is -2.09. The number of aliphatic hydroxyl groups excluding tert-OH is 1. The van der Waals surface area contributed by atoms with Crippen molar-refractivity contribution in [2.75, 3.05) is 0 Å². The van der Waals surface area contributed by atoms with Crippen LogP contribution < -0.4 is 0 Å². The predicted octanol–water partition coefficient (Wildman–Crippen LogP) is 3.09. The van der Waals surface area contributed by atoms with E-state index in [0.29, 0.717) is 5.56 Å². The van der Waals surface area contributed by atoms with Crippen molar-refractivity contribution in [3.63, 3.8) is 0 Å². The third-order valence-corrected chi connectivity index (χ3v) is 2.28. The van der Waals surface area contributed by atoms with Crippen LogP contribution in [0.5, 0.6) is 0 Å². The molecule has 0 amide bonds. The highest BCUT2D eigenvalue weighted by Crippen LogP contribution is 2.18. The first-order valence-corrected chi connectivity index (χ1v) is 4.66. The summed E-state index contributed by atoms with van der Waals surface area (Å²) in [6, 6.07) is 13.2. The molecule has 0 atom stereocenters. The lowest BCUT2D eigenvalue weighted by Crippen LogP contribution is -1.95. The molecule has 0 saturated heterocycles. The zero-order valence-corrected chi connectivity index (χ0v) is 8.05. The van der Waals surface area contributed by atoms with Gasteiger partial charge in [0, 0.05) is 11.6 Å². The molecule has 74 valence electrons. The topological polar surface area (TPSA) is 37.3 Å². The van der Waals surface area contributed by atoms with E-state index in [-0.39, 0.29) is 5.78 Å². The van der Waals surface area contributed by atoms with E-state index in [1.54, 1.807) is 6.07 Å². The van der Waals surface area contributed by atoms with Gasteiger partial charge in [0.1, 0.15) is 0 Å². The Kier molecular flexibility index (Phi) is 2.50. The summed E-state index contributed by atoms with van der Waals surface area (Å²) in [6.45, 7) is 0. The number of benzene rings is 2. The monoisotopic (exact) mass is 198 g/mol. The van der Waals surface area contributed by atoms with Crippen molar-refractivity contribution >= 4 is 16.6 Å². The molecule has 0 saturated carbocycles. The van der Waals surface area contributed by atoms with Crippen molar-refractivity contribution in [1.29, 1.82) is 0 Å². The summed E-state index contributed by atoms with van der Waals surface area (Å²) in [5, 5.41) is 10.5. The van der Waals surface area contributed by atoms with Crippen LogP contribution in [0.1, 0.15) is 10.4 Å². The molecule has 0 unspecified atom stereocenters. The number of hydrogen-bond donors (Lipinski definition) is 1. The zero-order valence-electron chi connectivity index (χ0n) is 8.05. The maximum Gasteiger partial charge on any atom is 0.189 e. The van der Waals surface area contributed by atoms with Crippen molar-refractivity contribution in [3.8, 4) is 0 Å². The first-order valence-electron chi connectivity index (χ1n) is 4.66. The number of hydrogen-bond acceptors (Lipinski definition) is 2. The van der Waals surface area contributed by atoms with Crippen LogP contribution in [0.3, 0.4) is 0 Å². The highest BCUT2D eigenvalue weighted by molar-refractivity contribution is 6.13. The van der Waals surface area contributed by atoms with Gasteiger partial charge in [-0.2, -0.15) is 0 Å². The molecule has 2 heteroatoms. The van der Waals surface area contributed by atoms with Crippen LogP contribution in [0.15, 0.2) is 54.8 Å². The summed E-state index contributed by atoms with van der Waals surface area (Å²) < 4.78 is 0. The molecular weight excluding hydrogens is 188 g/mol. The van der Waals surface area contributed by atoms with Crippen molar-refractivity contribution in [2.24, 2.45) is 0 Å². The van der Waals surface area contributed by atoms with E-state index in [4.69, 9.17) is 5.11 Å². The number of ketones is 1. The minimum absolute atomic E-state index is 0.186. The molecule has 2 aromatic rings. The molecule has 0 aliphatic carbocycles. The van der Waals surface area contributed by atoms with Gasteiger partial charge < -0.3 is 5.11 Å². The lowest BCUT2D eigenvalue weighted by molar-refractivity contribution is 0.104. The van der Waals surface area contributed by atoms with Crippen LogP contribution in [0.25, 0.3) is 10.8 Å². The van der Waals surface area contributed by atoms with Gasteiger partial charge in [-0.05, 0) is 10.8 Å². The second kappa shape index (κ2) is 3.96. The third kappa shape index (κ3) is 1.74. The van der Waals surface area contributed by atoms with Crippen LogP contribution in [0.2, 0.25) is 0 Å². The minimum Gasteiger partial charge on any atom is -0.515 e. The van der Waals surface area contributed by atoms with E-state index >= 15 is 0 Å². The van der Waals surface area contributed by atoms with Crippen molar-refractivity contribution in [1.82, 2.24) is 0 Å². The van der Waals surface area contributed by atoms with E-state index in [2.05, 4.69) is 0 Å². The fourth-order valence-corrected chi connectivity index (χ4v) is 1.60. The first kappa shape index (κ1) is 9.46. The Balaban J connectivity index is 2.65. The lowest BCUT2D eigenvalue weighted by atomic mass is 10.0. The van der Waals surface area contributed by atoms with Gasteiger partial charge in [-0.25, -0.2) is 0 Å². The molecule has 0 heterocycles. The quantitative estimate of drug-likeness (QED) is 0.457. The summed E-state index contributed by atoms with van der Waals surface area (Å²) in [5.41, 5.74) is 0.610. The number of fused-ring (bicyclic) bond motifs is 1. The van der Waals surface area contributed by atoms with Crippen molar-refractivity contribution in [2.45, 2.75) is 0 Å². The summed E-state index contributed by atoms with van der Waals surface area (Å²) in [7, 11) is 0. The first-order chi connectivity index (χ1) is 7.33. The molecule has 2 rings (SSSR count). The maximum absolute atomic E-state index is 11.6. The largest absolute Gasteiger partial charge is 0.515 e. The molecule has 15 heavy (non-hydrogen) atoms. The van der Waals surface area contributed by atoms with E-state index < -0.39 is 0 Å². The maximum atomic E-state index is 11.6. The highest BCUT2D eigenvalue weighted by Gasteiger charge is 2.05. The van der Waals surface area contributed by atoms with Gasteiger partial charge in [-0.3, -0.25) is 4.79 Å². The molecule has 0 spiro atoms. The Labute approximate surface area is 87.5 Å². The van der Waals surface area contributed by atoms with Crippen molar-refractivity contribution in [3.05, 3.63) is 60.4 Å². The number of rotatable bonds is 2. The summed E-state index contributed by atoms with van der Waals surface area (Å²) in [4.78, 5) is 11.6. The van der Waals surface area contributed by atoms with Gasteiger partial charge in [0.05, 0.1) is 6.26 Å². The molecule has 0 aromatic heterocycles. The SMILES string of the molecule is O=C(C=CO)c1cccc2ccccc12. The molecule has 2 aromatic carbocycles. The molecular formula is C13H10O2. The molecule has 1 N–H and O–H groups in total. The normalized spacial score (nSPS) is 10.9. The average Bonchev–Trinajstić information content (AvgIpc) is 2.28. The number of carbonyl (C=O) groups excluding carboxylic acids is 1. The van der Waals surface area contributed by atoms with Gasteiger partial charge in [0.25, 0.3) is 0 Å². The van der Waals surface area contributed by atoms with E-state index in [1.165, 1.54) is 0 Å². The van der Waals surface area contributed by atoms with Gasteiger partial charge in [0.15, 0.2) is 5.78 Å². The standard InChI is InChI=1S/C13H10O2/c14-9-8-13(15)12-7-3-5-10-4-1-2-6-11(10)12/h1-9,14H. The molecule has 0 aliphatic rings. The smallest absolute Gasteiger partial charge is 0.189 e. The van der Waals surface area contributed by atoms with E-state index in [1.807, 2.05) is 36.4 Å². The van der Waals surface area contributed by atoms with Gasteiger partial charge >= 0.3 is 0 Å². The van der Waals surface area contributed by atoms with Gasteiger partial charge in [-0.15, -0.1) is 0 Å². The van der Waals surface area contributed by atoms with Crippen LogP contribution in [-0.4, -0.2) is 10.9 Å². The van der Waals surface area contributed by atoms with Crippen molar-refractivity contribution < 1.29 is 9.90 Å². The van der Waals surface area contributed by atoms with Gasteiger partial charge in [-0.1, -0.05) is 42.5 Å². The molecule has 0 bridgehead atoms. The second-order valence-electron chi connectivity index (χ2n) is 3.21. The van der Waals surface area contributed by atoms with Crippen LogP contribution >= 0.6 is 0 Å². The fraction of sp³-hybridized carbons (Fsp3) is 0. The summed E-state index contributed by atoms with van der Waals surface area (Å²) in [6.07, 6.45) is 1.92. The van der Waals surface area contributed by atoms with Crippen LogP contribution in [0.4, 0.5) is 0 Å². The molecule has 0 radical (unpaired) electrons. The minimum atomic E-state index is -0.186.